The molecule has 1 aliphatic rings. The van der Waals surface area contributed by atoms with Crippen molar-refractivity contribution in [2.75, 3.05) is 0 Å². The SMILES string of the molecule is c1ccc(-c2ccc3sc4c(c3c2)-c2c(sc3ccc(-c5cccc(-c6ccc7sc8ccc9sc%10ccc(-c%11ccccc%11)cc%10c9c8c7c6)c5)cc23)CC4)cc1. The van der Waals surface area contributed by atoms with Gasteiger partial charge in [-0.15, -0.1) is 45.3 Å². The quantitative estimate of drug-likeness (QED) is 0.166. The predicted molar refractivity (Wildman–Crippen MR) is 258 cm³/mol. The van der Waals surface area contributed by atoms with Gasteiger partial charge in [-0.2, -0.15) is 0 Å². The number of hydrogen-bond donors (Lipinski definition) is 0. The monoisotopic (exact) mass is 808 g/mol. The smallest absolute Gasteiger partial charge is 0.0362 e. The fraction of sp³-hybridized carbons (Fsp3) is 0.0370. The second-order valence-electron chi connectivity index (χ2n) is 15.5. The van der Waals surface area contributed by atoms with Crippen molar-refractivity contribution in [1.29, 1.82) is 0 Å². The van der Waals surface area contributed by atoms with E-state index in [-0.39, 0.29) is 0 Å². The Labute approximate surface area is 351 Å². The van der Waals surface area contributed by atoms with Crippen molar-refractivity contribution >= 4 is 106 Å². The largest absolute Gasteiger partial charge is 0.140 e. The first-order valence-corrected chi connectivity index (χ1v) is 23.1. The molecule has 1 aliphatic carbocycles. The molecular formula is C54H32S4. The van der Waals surface area contributed by atoms with Crippen molar-refractivity contribution in [2.45, 2.75) is 12.8 Å². The second kappa shape index (κ2) is 12.8. The Kier molecular flexibility index (Phi) is 7.32. The van der Waals surface area contributed by atoms with Gasteiger partial charge in [0, 0.05) is 81.4 Å². The van der Waals surface area contributed by atoms with Crippen LogP contribution in [0.3, 0.4) is 0 Å². The van der Waals surface area contributed by atoms with Gasteiger partial charge >= 0.3 is 0 Å². The highest BCUT2D eigenvalue weighted by Gasteiger charge is 2.26. The minimum Gasteiger partial charge on any atom is -0.140 e. The van der Waals surface area contributed by atoms with Crippen LogP contribution in [0.15, 0.2) is 170 Å². The fourth-order valence-electron chi connectivity index (χ4n) is 9.42. The van der Waals surface area contributed by atoms with Gasteiger partial charge in [-0.25, -0.2) is 0 Å². The summed E-state index contributed by atoms with van der Waals surface area (Å²) >= 11 is 7.79. The summed E-state index contributed by atoms with van der Waals surface area (Å²) < 4.78 is 8.16. The Morgan fingerprint density at radius 1 is 0.259 bits per heavy atom. The Hall–Kier alpha value is -5.88. The van der Waals surface area contributed by atoms with Crippen LogP contribution in [-0.4, -0.2) is 0 Å². The number of thiophene rings is 4. The molecule has 0 bridgehead atoms. The summed E-state index contributed by atoms with van der Waals surface area (Å²) in [6, 6.07) is 63.8. The van der Waals surface area contributed by atoms with Crippen LogP contribution in [0.1, 0.15) is 9.75 Å². The molecule has 0 N–H and O–H groups in total. The lowest BCUT2D eigenvalue weighted by molar-refractivity contribution is 0.991. The molecule has 0 amide bonds. The molecule has 4 heteroatoms. The molecule has 58 heavy (non-hydrogen) atoms. The summed E-state index contributed by atoms with van der Waals surface area (Å²) in [6.45, 7) is 0. The average molecular weight is 809 g/mol. The summed E-state index contributed by atoms with van der Waals surface area (Å²) in [5.41, 5.74) is 13.1. The molecular weight excluding hydrogens is 777 g/mol. The molecule has 272 valence electrons. The summed E-state index contributed by atoms with van der Waals surface area (Å²) in [7, 11) is 0. The molecule has 0 unspecified atom stereocenters. The molecule has 13 rings (SSSR count). The third-order valence-corrected chi connectivity index (χ3v) is 16.9. The molecule has 0 saturated heterocycles. The van der Waals surface area contributed by atoms with E-state index in [1.807, 2.05) is 45.3 Å². The van der Waals surface area contributed by atoms with Gasteiger partial charge in [0.1, 0.15) is 0 Å². The van der Waals surface area contributed by atoms with E-state index in [1.54, 1.807) is 0 Å². The Bertz CT molecular complexity index is 3610. The van der Waals surface area contributed by atoms with Crippen LogP contribution in [0.4, 0.5) is 0 Å². The van der Waals surface area contributed by atoms with Gasteiger partial charge in [0.15, 0.2) is 0 Å². The Morgan fingerprint density at radius 2 is 0.603 bits per heavy atom. The zero-order valence-corrected chi connectivity index (χ0v) is 34.5. The van der Waals surface area contributed by atoms with Crippen molar-refractivity contribution in [3.63, 3.8) is 0 Å². The standard InChI is InChI=1S/C54H32S4/c1-3-8-31(9-4-1)35-14-18-43-39(27-35)51-47(55-43)22-24-49-53(51)41-29-37(16-20-45(41)57-49)33-12-7-13-34(26-33)38-17-21-46-42(30-38)54-50(58-46)25-23-48-52(54)40-28-36(15-19-44(40)56-48)32-10-5-2-6-11-32/h1-22,24,26-30H,23,25H2. The van der Waals surface area contributed by atoms with Gasteiger partial charge < -0.3 is 0 Å². The van der Waals surface area contributed by atoms with Crippen LogP contribution in [-0.2, 0) is 12.8 Å². The lowest BCUT2D eigenvalue weighted by Crippen LogP contribution is -1.97. The average Bonchev–Trinajstić information content (AvgIpc) is 4.05. The fourth-order valence-corrected chi connectivity index (χ4v) is 14.0. The summed E-state index contributed by atoms with van der Waals surface area (Å²) in [4.78, 5) is 3.05. The number of rotatable bonds is 4. The van der Waals surface area contributed by atoms with Crippen molar-refractivity contribution in [3.8, 4) is 55.6 Å². The van der Waals surface area contributed by atoms with Crippen molar-refractivity contribution in [2.24, 2.45) is 0 Å². The van der Waals surface area contributed by atoms with E-state index in [9.17, 15) is 0 Å². The third-order valence-electron chi connectivity index (χ3n) is 12.2. The Balaban J connectivity index is 0.929. The van der Waals surface area contributed by atoms with E-state index in [1.165, 1.54) is 126 Å². The van der Waals surface area contributed by atoms with E-state index < -0.39 is 0 Å². The maximum Gasteiger partial charge on any atom is 0.0362 e. The van der Waals surface area contributed by atoms with E-state index >= 15 is 0 Å². The van der Waals surface area contributed by atoms with Gasteiger partial charge in [0.2, 0.25) is 0 Å². The highest BCUT2D eigenvalue weighted by molar-refractivity contribution is 7.28. The molecule has 0 spiro atoms. The molecule has 4 aromatic heterocycles. The van der Waals surface area contributed by atoms with E-state index in [2.05, 4.69) is 170 Å². The molecule has 0 saturated carbocycles. The molecule has 0 nitrogen and oxygen atoms in total. The molecule has 4 heterocycles. The topological polar surface area (TPSA) is 0 Å². The second-order valence-corrected chi connectivity index (χ2v) is 19.9. The highest BCUT2D eigenvalue weighted by atomic mass is 32.1. The van der Waals surface area contributed by atoms with E-state index in [0.717, 1.165) is 12.8 Å². The minimum atomic E-state index is 1.12. The van der Waals surface area contributed by atoms with Crippen LogP contribution < -0.4 is 0 Å². The summed E-state index contributed by atoms with van der Waals surface area (Å²) in [6.07, 6.45) is 2.24. The molecule has 0 fully saturated rings. The molecule has 12 aromatic rings. The maximum atomic E-state index is 2.47. The van der Waals surface area contributed by atoms with Crippen LogP contribution in [0, 0.1) is 0 Å². The first kappa shape index (κ1) is 33.1. The van der Waals surface area contributed by atoms with E-state index in [0.29, 0.717) is 0 Å². The summed E-state index contributed by atoms with van der Waals surface area (Å²) in [5.74, 6) is 0. The van der Waals surface area contributed by atoms with Crippen molar-refractivity contribution < 1.29 is 0 Å². The van der Waals surface area contributed by atoms with Crippen molar-refractivity contribution in [3.05, 3.63) is 180 Å². The maximum absolute atomic E-state index is 2.47. The number of hydrogen-bond acceptors (Lipinski definition) is 4. The first-order valence-electron chi connectivity index (χ1n) is 19.8. The van der Waals surface area contributed by atoms with Gasteiger partial charge in [-0.3, -0.25) is 0 Å². The van der Waals surface area contributed by atoms with Crippen LogP contribution in [0.5, 0.6) is 0 Å². The molecule has 0 atom stereocenters. The highest BCUT2D eigenvalue weighted by Crippen LogP contribution is 2.51. The lowest BCUT2D eigenvalue weighted by atomic mass is 9.90. The predicted octanol–water partition coefficient (Wildman–Crippen LogP) is 17.3. The van der Waals surface area contributed by atoms with Gasteiger partial charge in [-0.05, 0) is 124 Å². The molecule has 0 radical (unpaired) electrons. The van der Waals surface area contributed by atoms with Crippen molar-refractivity contribution in [1.82, 2.24) is 0 Å². The lowest BCUT2D eigenvalue weighted by Gasteiger charge is -2.14. The van der Waals surface area contributed by atoms with Gasteiger partial charge in [-0.1, -0.05) is 103 Å². The number of benzene rings is 8. The van der Waals surface area contributed by atoms with Crippen LogP contribution in [0.25, 0.3) is 116 Å². The zero-order chi connectivity index (χ0) is 37.9. The van der Waals surface area contributed by atoms with Gasteiger partial charge in [0.05, 0.1) is 0 Å². The zero-order valence-electron chi connectivity index (χ0n) is 31.2. The minimum absolute atomic E-state index is 1.12. The summed E-state index contributed by atoms with van der Waals surface area (Å²) in [5, 5.41) is 8.26. The first-order chi connectivity index (χ1) is 28.7. The Morgan fingerprint density at radius 3 is 1.05 bits per heavy atom. The third kappa shape index (κ3) is 5.09. The molecule has 0 aliphatic heterocycles. The van der Waals surface area contributed by atoms with Crippen LogP contribution >= 0.6 is 45.3 Å². The molecule has 8 aromatic carbocycles. The number of fused-ring (bicyclic) bond motifs is 14. The number of aryl methyl sites for hydroxylation is 2. The van der Waals surface area contributed by atoms with E-state index in [4.69, 9.17) is 0 Å². The van der Waals surface area contributed by atoms with Crippen LogP contribution in [0.2, 0.25) is 0 Å². The normalized spacial score (nSPS) is 12.7. The van der Waals surface area contributed by atoms with Gasteiger partial charge in [0.25, 0.3) is 0 Å².